The smallest absolute Gasteiger partial charge is 0.0717 e. The zero-order chi connectivity index (χ0) is 13.8. The Bertz CT molecular complexity index is 366. The van der Waals surface area contributed by atoms with Gasteiger partial charge >= 0.3 is 0 Å². The highest BCUT2D eigenvalue weighted by Gasteiger charge is 2.12. The molecule has 1 aromatic carbocycles. The molecular formula is C17H28O. The van der Waals surface area contributed by atoms with E-state index in [0.717, 1.165) is 19.6 Å². The van der Waals surface area contributed by atoms with E-state index < -0.39 is 0 Å². The first-order valence-electron chi connectivity index (χ1n) is 6.81. The molecule has 0 aliphatic rings. The summed E-state index contributed by atoms with van der Waals surface area (Å²) in [5.41, 5.74) is 3.26. The van der Waals surface area contributed by atoms with Crippen molar-refractivity contribution in [2.75, 3.05) is 6.61 Å². The van der Waals surface area contributed by atoms with E-state index >= 15 is 0 Å². The van der Waals surface area contributed by atoms with Gasteiger partial charge in [-0.25, -0.2) is 0 Å². The molecule has 0 aliphatic heterocycles. The molecule has 0 atom stereocenters. The van der Waals surface area contributed by atoms with Gasteiger partial charge in [-0.3, -0.25) is 0 Å². The summed E-state index contributed by atoms with van der Waals surface area (Å²) in [6, 6.07) is 8.76. The molecule has 1 nitrogen and oxygen atoms in total. The van der Waals surface area contributed by atoms with Crippen LogP contribution in [0.4, 0.5) is 0 Å². The number of ether oxygens (including phenoxy) is 1. The van der Waals surface area contributed by atoms with E-state index in [1.807, 2.05) is 0 Å². The van der Waals surface area contributed by atoms with Crippen LogP contribution in [0.1, 0.15) is 52.7 Å². The average Bonchev–Trinajstić information content (AvgIpc) is 2.13. The predicted molar refractivity (Wildman–Crippen MR) is 78.7 cm³/mol. The Balaban J connectivity index is 2.55. The van der Waals surface area contributed by atoms with Crippen LogP contribution < -0.4 is 0 Å². The molecule has 18 heavy (non-hydrogen) atoms. The van der Waals surface area contributed by atoms with Gasteiger partial charge in [0, 0.05) is 0 Å². The van der Waals surface area contributed by atoms with Crippen LogP contribution in [-0.4, -0.2) is 6.61 Å². The van der Waals surface area contributed by atoms with Gasteiger partial charge in [0.1, 0.15) is 0 Å². The van der Waals surface area contributed by atoms with Crippen molar-refractivity contribution in [1.82, 2.24) is 0 Å². The molecule has 0 spiro atoms. The molecular weight excluding hydrogens is 220 g/mol. The van der Waals surface area contributed by atoms with Crippen molar-refractivity contribution in [3.63, 3.8) is 0 Å². The molecule has 0 saturated heterocycles. The Morgan fingerprint density at radius 2 is 1.50 bits per heavy atom. The Hall–Kier alpha value is -0.820. The number of hydrogen-bond donors (Lipinski definition) is 0. The Kier molecular flexibility index (Phi) is 4.98. The van der Waals surface area contributed by atoms with Gasteiger partial charge in [0.2, 0.25) is 0 Å². The van der Waals surface area contributed by atoms with Crippen molar-refractivity contribution in [3.8, 4) is 0 Å². The maximum Gasteiger partial charge on any atom is 0.0717 e. The van der Waals surface area contributed by atoms with Crippen molar-refractivity contribution < 1.29 is 4.74 Å². The fourth-order valence-electron chi connectivity index (χ4n) is 1.92. The van der Waals surface area contributed by atoms with Gasteiger partial charge < -0.3 is 4.74 Å². The fourth-order valence-corrected chi connectivity index (χ4v) is 1.92. The van der Waals surface area contributed by atoms with Gasteiger partial charge in [0.25, 0.3) is 0 Å². The Morgan fingerprint density at radius 3 is 2.06 bits per heavy atom. The van der Waals surface area contributed by atoms with Crippen molar-refractivity contribution in [1.29, 1.82) is 0 Å². The van der Waals surface area contributed by atoms with E-state index in [4.69, 9.17) is 4.74 Å². The van der Waals surface area contributed by atoms with E-state index in [2.05, 4.69) is 65.8 Å². The second-order valence-corrected chi connectivity index (χ2v) is 7.61. The van der Waals surface area contributed by atoms with Crippen LogP contribution in [0, 0.1) is 10.8 Å². The molecule has 0 bridgehead atoms. The predicted octanol–water partition coefficient (Wildman–Crippen LogP) is 4.84. The first kappa shape index (κ1) is 15.2. The van der Waals surface area contributed by atoms with Crippen LogP contribution in [0.25, 0.3) is 0 Å². The van der Waals surface area contributed by atoms with Crippen molar-refractivity contribution in [2.45, 2.75) is 54.6 Å². The van der Waals surface area contributed by atoms with Crippen LogP contribution in [0.5, 0.6) is 0 Å². The highest BCUT2D eigenvalue weighted by Crippen LogP contribution is 2.21. The summed E-state index contributed by atoms with van der Waals surface area (Å²) in [6.07, 6.45) is 1.11. The molecule has 0 aliphatic carbocycles. The normalized spacial score (nSPS) is 12.8. The van der Waals surface area contributed by atoms with Gasteiger partial charge in [-0.1, -0.05) is 65.8 Å². The average molecular weight is 248 g/mol. The second-order valence-electron chi connectivity index (χ2n) is 7.61. The molecule has 0 unspecified atom stereocenters. The molecule has 0 fully saturated rings. The van der Waals surface area contributed by atoms with E-state index in [9.17, 15) is 0 Å². The summed E-state index contributed by atoms with van der Waals surface area (Å²) in [4.78, 5) is 0. The van der Waals surface area contributed by atoms with Crippen LogP contribution >= 0.6 is 0 Å². The van der Waals surface area contributed by atoms with Crippen molar-refractivity contribution in [3.05, 3.63) is 35.4 Å². The standard InChI is InChI=1S/C17H28O/c1-16(2,3)11-14-8-7-9-15(10-14)12-18-13-17(4,5)6/h7-10H,11-13H2,1-6H3. The molecule has 0 saturated carbocycles. The molecule has 0 radical (unpaired) electrons. The quantitative estimate of drug-likeness (QED) is 0.741. The first-order valence-corrected chi connectivity index (χ1v) is 6.81. The minimum absolute atomic E-state index is 0.239. The molecule has 102 valence electrons. The number of rotatable bonds is 4. The SMILES string of the molecule is CC(C)(C)COCc1cccc(CC(C)(C)C)c1. The van der Waals surface area contributed by atoms with Crippen LogP contribution in [-0.2, 0) is 17.8 Å². The van der Waals surface area contributed by atoms with Crippen molar-refractivity contribution in [2.24, 2.45) is 10.8 Å². The highest BCUT2D eigenvalue weighted by molar-refractivity contribution is 5.23. The first-order chi connectivity index (χ1) is 8.16. The minimum atomic E-state index is 0.239. The van der Waals surface area contributed by atoms with Crippen LogP contribution in [0.3, 0.4) is 0 Å². The van der Waals surface area contributed by atoms with Crippen molar-refractivity contribution >= 4 is 0 Å². The summed E-state index contributed by atoms with van der Waals surface area (Å²) < 4.78 is 5.77. The minimum Gasteiger partial charge on any atom is -0.376 e. The number of benzene rings is 1. The lowest BCUT2D eigenvalue weighted by Gasteiger charge is -2.19. The molecule has 0 N–H and O–H groups in total. The van der Waals surface area contributed by atoms with E-state index in [1.165, 1.54) is 11.1 Å². The highest BCUT2D eigenvalue weighted by atomic mass is 16.5. The largest absolute Gasteiger partial charge is 0.376 e. The number of hydrogen-bond acceptors (Lipinski definition) is 1. The summed E-state index contributed by atoms with van der Waals surface area (Å²) in [5, 5.41) is 0. The summed E-state index contributed by atoms with van der Waals surface area (Å²) >= 11 is 0. The monoisotopic (exact) mass is 248 g/mol. The zero-order valence-electron chi connectivity index (χ0n) is 12.8. The summed E-state index contributed by atoms with van der Waals surface area (Å²) in [5.74, 6) is 0. The van der Waals surface area contributed by atoms with Gasteiger partial charge in [-0.05, 0) is 28.4 Å². The van der Waals surface area contributed by atoms with Crippen LogP contribution in [0.2, 0.25) is 0 Å². The zero-order valence-corrected chi connectivity index (χ0v) is 12.8. The van der Waals surface area contributed by atoms with Gasteiger partial charge in [0.05, 0.1) is 13.2 Å². The summed E-state index contributed by atoms with van der Waals surface area (Å²) in [7, 11) is 0. The maximum absolute atomic E-state index is 5.77. The lowest BCUT2D eigenvalue weighted by Crippen LogP contribution is -2.14. The van der Waals surface area contributed by atoms with Crippen LogP contribution in [0.15, 0.2) is 24.3 Å². The Labute approximate surface area is 113 Å². The third kappa shape index (κ3) is 6.80. The van der Waals surface area contributed by atoms with E-state index in [0.29, 0.717) is 5.41 Å². The molecule has 0 aromatic heterocycles. The summed E-state index contributed by atoms with van der Waals surface area (Å²) in [6.45, 7) is 14.9. The van der Waals surface area contributed by atoms with E-state index in [1.54, 1.807) is 0 Å². The molecule has 1 aromatic rings. The molecule has 0 amide bonds. The fraction of sp³-hybridized carbons (Fsp3) is 0.647. The van der Waals surface area contributed by atoms with Gasteiger partial charge in [-0.2, -0.15) is 0 Å². The topological polar surface area (TPSA) is 9.23 Å². The molecule has 1 rings (SSSR count). The third-order valence-electron chi connectivity index (χ3n) is 2.53. The lowest BCUT2D eigenvalue weighted by molar-refractivity contribution is 0.0598. The Morgan fingerprint density at radius 1 is 0.889 bits per heavy atom. The van der Waals surface area contributed by atoms with Gasteiger partial charge in [-0.15, -0.1) is 0 Å². The maximum atomic E-state index is 5.77. The second kappa shape index (κ2) is 5.88. The third-order valence-corrected chi connectivity index (χ3v) is 2.53. The lowest BCUT2D eigenvalue weighted by atomic mass is 9.88. The van der Waals surface area contributed by atoms with Gasteiger partial charge in [0.15, 0.2) is 0 Å². The van der Waals surface area contributed by atoms with E-state index in [-0.39, 0.29) is 5.41 Å². The molecule has 1 heteroatoms. The molecule has 0 heterocycles.